The zero-order chi connectivity index (χ0) is 29.1. The van der Waals surface area contributed by atoms with Crippen LogP contribution in [0.3, 0.4) is 0 Å². The van der Waals surface area contributed by atoms with Crippen LogP contribution in [0.1, 0.15) is 27.8 Å². The van der Waals surface area contributed by atoms with E-state index in [2.05, 4.69) is 16.3 Å². The molecular weight excluding hydrogens is 524 g/mol. The van der Waals surface area contributed by atoms with Gasteiger partial charge in [0.15, 0.2) is 0 Å². The van der Waals surface area contributed by atoms with Crippen molar-refractivity contribution in [2.45, 2.75) is 57.1 Å². The molecule has 1 aliphatic rings. The highest BCUT2D eigenvalue weighted by Crippen LogP contribution is 2.30. The average Bonchev–Trinajstić information content (AvgIpc) is 3.47. The van der Waals surface area contributed by atoms with Crippen LogP contribution < -0.4 is 0 Å². The molecule has 6 rings (SSSR count). The molecule has 1 aliphatic heterocycles. The van der Waals surface area contributed by atoms with Gasteiger partial charge >= 0.3 is 6.03 Å². The Morgan fingerprint density at radius 1 is 0.690 bits per heavy atom. The van der Waals surface area contributed by atoms with Gasteiger partial charge in [-0.05, 0) is 54.2 Å². The number of carbonyl (C=O) groups is 1. The maximum Gasteiger partial charge on any atom is 0.321 e. The number of benzene rings is 4. The number of H-pyrrole nitrogens is 1. The summed E-state index contributed by atoms with van der Waals surface area (Å²) in [7, 11) is 0. The monoisotopic (exact) mass is 560 g/mol. The predicted octanol–water partition coefficient (Wildman–Crippen LogP) is 5.25. The second-order valence-electron chi connectivity index (χ2n) is 11.3. The van der Waals surface area contributed by atoms with Crippen LogP contribution in [0.5, 0.6) is 0 Å². The van der Waals surface area contributed by atoms with E-state index in [-0.39, 0.29) is 12.6 Å². The molecule has 2 unspecified atom stereocenters. The number of aromatic nitrogens is 2. The number of amides is 2. The zero-order valence-corrected chi connectivity index (χ0v) is 23.7. The Kier molecular flexibility index (Phi) is 8.04. The quantitative estimate of drug-likeness (QED) is 0.242. The van der Waals surface area contributed by atoms with E-state index in [1.807, 2.05) is 104 Å². The molecule has 0 bridgehead atoms. The minimum Gasteiger partial charge on any atom is -0.388 e. The third-order valence-electron chi connectivity index (χ3n) is 8.30. The molecule has 1 aromatic heterocycles. The molecular formula is C35H36N4O3. The zero-order valence-electron chi connectivity index (χ0n) is 23.7. The fraction of sp³-hybridized carbons (Fsp3) is 0.257. The van der Waals surface area contributed by atoms with Crippen LogP contribution in [-0.4, -0.2) is 60.5 Å². The van der Waals surface area contributed by atoms with Gasteiger partial charge in [-0.15, -0.1) is 0 Å². The van der Waals surface area contributed by atoms with Gasteiger partial charge in [0.05, 0.1) is 23.8 Å². The Morgan fingerprint density at radius 3 is 1.81 bits per heavy atom. The lowest BCUT2D eigenvalue weighted by molar-refractivity contribution is -0.0408. The van der Waals surface area contributed by atoms with Gasteiger partial charge in [-0.2, -0.15) is 5.10 Å². The molecule has 214 valence electrons. The Labute approximate surface area is 246 Å². The van der Waals surface area contributed by atoms with Gasteiger partial charge in [0.1, 0.15) is 12.2 Å². The van der Waals surface area contributed by atoms with Crippen LogP contribution >= 0.6 is 0 Å². The van der Waals surface area contributed by atoms with Gasteiger partial charge in [-0.1, -0.05) is 96.6 Å². The van der Waals surface area contributed by atoms with Gasteiger partial charge < -0.3 is 20.0 Å². The molecule has 2 heterocycles. The predicted molar refractivity (Wildman–Crippen MR) is 164 cm³/mol. The van der Waals surface area contributed by atoms with Crippen LogP contribution in [0.15, 0.2) is 109 Å². The SMILES string of the molecule is Cc1cccc(CN2C(=O)N(Cc3ccc4[nH]ncc4c3)[C@H](Cc3ccccc3)C(O)C(O)[C@H]2Cc2ccccc2)c1. The topological polar surface area (TPSA) is 92.7 Å². The summed E-state index contributed by atoms with van der Waals surface area (Å²) in [6.45, 7) is 2.63. The standard InChI is InChI=1S/C35H36N4O3/c1-24-9-8-14-27(17-24)22-38-31(19-25-10-4-2-5-11-25)33(40)34(41)32(20-26-12-6-3-7-13-26)39(35(38)42)23-28-15-16-30-29(18-28)21-36-37-30/h2-18,21,31-34,40-41H,19-20,22-23H2,1H3,(H,36,37)/t31-,32-,33?,34?/m1/s1. The van der Waals surface area contributed by atoms with E-state index in [1.54, 1.807) is 16.0 Å². The summed E-state index contributed by atoms with van der Waals surface area (Å²) in [5.74, 6) is 0. The number of nitrogens with zero attached hydrogens (tertiary/aromatic N) is 3. The van der Waals surface area contributed by atoms with Crippen LogP contribution in [0, 0.1) is 6.92 Å². The number of hydrogen-bond donors (Lipinski definition) is 3. The number of nitrogens with one attached hydrogen (secondary N) is 1. The van der Waals surface area contributed by atoms with Crippen molar-refractivity contribution in [1.82, 2.24) is 20.0 Å². The van der Waals surface area contributed by atoms with Crippen molar-refractivity contribution < 1.29 is 15.0 Å². The highest BCUT2D eigenvalue weighted by atomic mass is 16.3. The number of hydrogen-bond acceptors (Lipinski definition) is 4. The Balaban J connectivity index is 1.43. The second kappa shape index (κ2) is 12.2. The van der Waals surface area contributed by atoms with Crippen molar-refractivity contribution in [2.24, 2.45) is 0 Å². The lowest BCUT2D eigenvalue weighted by atomic mass is 9.91. The number of carbonyl (C=O) groups excluding carboxylic acids is 1. The summed E-state index contributed by atoms with van der Waals surface area (Å²) in [4.78, 5) is 18.3. The lowest BCUT2D eigenvalue weighted by Gasteiger charge is -2.36. The highest BCUT2D eigenvalue weighted by Gasteiger charge is 2.46. The van der Waals surface area contributed by atoms with Crippen LogP contribution in [0.2, 0.25) is 0 Å². The molecule has 0 spiro atoms. The number of aliphatic hydroxyl groups excluding tert-OH is 2. The van der Waals surface area contributed by atoms with Crippen LogP contribution in [0.4, 0.5) is 4.79 Å². The van der Waals surface area contributed by atoms with Crippen molar-refractivity contribution >= 4 is 16.9 Å². The molecule has 0 radical (unpaired) electrons. The number of rotatable bonds is 8. The molecule has 0 aliphatic carbocycles. The van der Waals surface area contributed by atoms with Crippen molar-refractivity contribution in [3.05, 3.63) is 137 Å². The molecule has 7 nitrogen and oxygen atoms in total. The van der Waals surface area contributed by atoms with E-state index in [9.17, 15) is 15.0 Å². The number of aromatic amines is 1. The first kappa shape index (κ1) is 27.7. The van der Waals surface area contributed by atoms with Gasteiger partial charge in [0.25, 0.3) is 0 Å². The summed E-state index contributed by atoms with van der Waals surface area (Å²) in [6.07, 6.45) is 0.277. The minimum absolute atomic E-state index is 0.207. The van der Waals surface area contributed by atoms with Gasteiger partial charge in [-0.3, -0.25) is 5.10 Å². The third kappa shape index (κ3) is 5.93. The maximum absolute atomic E-state index is 14.8. The van der Waals surface area contributed by atoms with E-state index in [0.717, 1.165) is 38.7 Å². The molecule has 2 amide bonds. The van der Waals surface area contributed by atoms with Crippen molar-refractivity contribution in [3.8, 4) is 0 Å². The molecule has 3 N–H and O–H groups in total. The lowest BCUT2D eigenvalue weighted by Crippen LogP contribution is -2.50. The summed E-state index contributed by atoms with van der Waals surface area (Å²) < 4.78 is 0. The van der Waals surface area contributed by atoms with Crippen molar-refractivity contribution in [2.75, 3.05) is 0 Å². The first-order chi connectivity index (χ1) is 20.5. The normalized spacial score (nSPS) is 21.1. The Bertz CT molecular complexity index is 1640. The molecule has 42 heavy (non-hydrogen) atoms. The van der Waals surface area contributed by atoms with E-state index in [4.69, 9.17) is 0 Å². The number of urea groups is 1. The smallest absolute Gasteiger partial charge is 0.321 e. The van der Waals surface area contributed by atoms with Gasteiger partial charge in [-0.25, -0.2) is 4.79 Å². The van der Waals surface area contributed by atoms with Crippen molar-refractivity contribution in [1.29, 1.82) is 0 Å². The Morgan fingerprint density at radius 2 is 1.24 bits per heavy atom. The molecule has 1 fully saturated rings. The molecule has 4 aromatic carbocycles. The third-order valence-corrected chi connectivity index (χ3v) is 8.30. The van der Waals surface area contributed by atoms with E-state index in [0.29, 0.717) is 19.4 Å². The minimum atomic E-state index is -1.16. The number of aliphatic hydroxyl groups is 2. The maximum atomic E-state index is 14.8. The summed E-state index contributed by atoms with van der Waals surface area (Å²) in [5.41, 5.74) is 5.90. The number of aryl methyl sites for hydroxylation is 1. The molecule has 5 aromatic rings. The molecule has 4 atom stereocenters. The average molecular weight is 561 g/mol. The molecule has 0 saturated carbocycles. The fourth-order valence-corrected chi connectivity index (χ4v) is 6.11. The fourth-order valence-electron chi connectivity index (χ4n) is 6.11. The van der Waals surface area contributed by atoms with Crippen molar-refractivity contribution in [3.63, 3.8) is 0 Å². The summed E-state index contributed by atoms with van der Waals surface area (Å²) in [6, 6.07) is 32.3. The molecule has 1 saturated heterocycles. The second-order valence-corrected chi connectivity index (χ2v) is 11.3. The van der Waals surface area contributed by atoms with Crippen LogP contribution in [-0.2, 0) is 25.9 Å². The largest absolute Gasteiger partial charge is 0.388 e. The first-order valence-corrected chi connectivity index (χ1v) is 14.4. The van der Waals surface area contributed by atoms with Gasteiger partial charge in [0, 0.05) is 18.5 Å². The highest BCUT2D eigenvalue weighted by molar-refractivity contribution is 5.79. The van der Waals surface area contributed by atoms with E-state index >= 15 is 0 Å². The first-order valence-electron chi connectivity index (χ1n) is 14.4. The summed E-state index contributed by atoms with van der Waals surface area (Å²) >= 11 is 0. The van der Waals surface area contributed by atoms with E-state index < -0.39 is 24.3 Å². The Hall–Kier alpha value is -4.46. The number of fused-ring (bicyclic) bond motifs is 1. The van der Waals surface area contributed by atoms with Gasteiger partial charge in [0.2, 0.25) is 0 Å². The van der Waals surface area contributed by atoms with Crippen LogP contribution in [0.25, 0.3) is 10.9 Å². The summed E-state index contributed by atoms with van der Waals surface area (Å²) in [5, 5.41) is 31.8. The van der Waals surface area contributed by atoms with E-state index in [1.165, 1.54) is 0 Å². The molecule has 7 heteroatoms.